The molecular formula is C11H14ClNO2. The number of nitrogens with one attached hydrogen (secondary N) is 1. The van der Waals surface area contributed by atoms with Crippen LogP contribution in [0.1, 0.15) is 12.0 Å². The quantitative estimate of drug-likeness (QED) is 0.634. The molecule has 82 valence electrons. The second kappa shape index (κ2) is 4.62. The van der Waals surface area contributed by atoms with Crippen LogP contribution in [0.25, 0.3) is 0 Å². The molecule has 1 aromatic carbocycles. The number of ether oxygens (including phenoxy) is 2. The zero-order valence-corrected chi connectivity index (χ0v) is 9.43. The number of halogens is 1. The fourth-order valence-electron chi connectivity index (χ4n) is 1.52. The van der Waals surface area contributed by atoms with Crippen molar-refractivity contribution in [2.75, 3.05) is 24.5 Å². The number of aryl methyl sites for hydroxylation is 1. The summed E-state index contributed by atoms with van der Waals surface area (Å²) in [6, 6.07) is 3.97. The first-order chi connectivity index (χ1) is 7.31. The number of rotatable bonds is 4. The van der Waals surface area contributed by atoms with E-state index in [1.165, 1.54) is 0 Å². The average molecular weight is 228 g/mol. The standard InChI is InChI=1S/C11H14ClNO2/c1-8-5-10-11(15-7-14-10)6-9(8)13-4-2-3-12/h5-6,13H,2-4,7H2,1H3. The van der Waals surface area contributed by atoms with Crippen molar-refractivity contribution in [3.8, 4) is 11.5 Å². The van der Waals surface area contributed by atoms with Crippen LogP contribution < -0.4 is 14.8 Å². The molecule has 0 saturated heterocycles. The predicted octanol–water partition coefficient (Wildman–Crippen LogP) is 2.76. The lowest BCUT2D eigenvalue weighted by molar-refractivity contribution is 0.174. The number of fused-ring (bicyclic) bond motifs is 1. The first-order valence-electron chi connectivity index (χ1n) is 5.01. The number of alkyl halides is 1. The summed E-state index contributed by atoms with van der Waals surface area (Å²) in [6.07, 6.45) is 0.954. The lowest BCUT2D eigenvalue weighted by atomic mass is 10.1. The predicted molar refractivity (Wildman–Crippen MR) is 61.1 cm³/mol. The zero-order chi connectivity index (χ0) is 10.7. The minimum absolute atomic E-state index is 0.319. The first kappa shape index (κ1) is 10.4. The molecule has 0 aromatic heterocycles. The Morgan fingerprint density at radius 2 is 2.07 bits per heavy atom. The summed E-state index contributed by atoms with van der Waals surface area (Å²) < 4.78 is 10.6. The van der Waals surface area contributed by atoms with Crippen molar-refractivity contribution < 1.29 is 9.47 Å². The van der Waals surface area contributed by atoms with E-state index in [9.17, 15) is 0 Å². The fraction of sp³-hybridized carbons (Fsp3) is 0.455. The molecule has 1 aliphatic heterocycles. The molecule has 0 amide bonds. The highest BCUT2D eigenvalue weighted by atomic mass is 35.5. The third-order valence-electron chi connectivity index (χ3n) is 2.35. The molecular weight excluding hydrogens is 214 g/mol. The van der Waals surface area contributed by atoms with E-state index in [0.717, 1.165) is 35.7 Å². The van der Waals surface area contributed by atoms with Crippen LogP contribution in [0, 0.1) is 6.92 Å². The van der Waals surface area contributed by atoms with Crippen molar-refractivity contribution >= 4 is 17.3 Å². The van der Waals surface area contributed by atoms with E-state index < -0.39 is 0 Å². The largest absolute Gasteiger partial charge is 0.454 e. The Hall–Kier alpha value is -1.09. The second-order valence-corrected chi connectivity index (χ2v) is 3.87. The van der Waals surface area contributed by atoms with Gasteiger partial charge in [0.1, 0.15) is 0 Å². The van der Waals surface area contributed by atoms with Crippen molar-refractivity contribution in [2.24, 2.45) is 0 Å². The van der Waals surface area contributed by atoms with Crippen LogP contribution in [0.2, 0.25) is 0 Å². The van der Waals surface area contributed by atoms with Gasteiger partial charge in [-0.25, -0.2) is 0 Å². The van der Waals surface area contributed by atoms with E-state index in [1.807, 2.05) is 19.1 Å². The molecule has 0 saturated carbocycles. The normalized spacial score (nSPS) is 12.9. The van der Waals surface area contributed by atoms with Gasteiger partial charge in [-0.15, -0.1) is 11.6 Å². The minimum atomic E-state index is 0.319. The maximum absolute atomic E-state index is 5.62. The summed E-state index contributed by atoms with van der Waals surface area (Å²) in [4.78, 5) is 0. The van der Waals surface area contributed by atoms with Crippen LogP contribution in [0.15, 0.2) is 12.1 Å². The molecule has 0 unspecified atom stereocenters. The van der Waals surface area contributed by atoms with Crippen LogP contribution in [-0.2, 0) is 0 Å². The molecule has 0 radical (unpaired) electrons. The number of anilines is 1. The Kier molecular flexibility index (Phi) is 3.21. The summed E-state index contributed by atoms with van der Waals surface area (Å²) in [5.41, 5.74) is 2.25. The molecule has 0 atom stereocenters. The van der Waals surface area contributed by atoms with Gasteiger partial charge in [-0.05, 0) is 25.0 Å². The van der Waals surface area contributed by atoms with Gasteiger partial charge in [-0.3, -0.25) is 0 Å². The maximum atomic E-state index is 5.62. The van der Waals surface area contributed by atoms with Gasteiger partial charge in [0.05, 0.1) is 0 Å². The summed E-state index contributed by atoms with van der Waals surface area (Å²) >= 11 is 5.62. The Morgan fingerprint density at radius 1 is 1.33 bits per heavy atom. The molecule has 1 heterocycles. The first-order valence-corrected chi connectivity index (χ1v) is 5.55. The Bertz CT molecular complexity index is 355. The topological polar surface area (TPSA) is 30.5 Å². The number of hydrogen-bond donors (Lipinski definition) is 1. The molecule has 1 aliphatic rings. The van der Waals surface area contributed by atoms with Gasteiger partial charge in [0, 0.05) is 24.2 Å². The lowest BCUT2D eigenvalue weighted by Crippen LogP contribution is -2.03. The van der Waals surface area contributed by atoms with E-state index in [0.29, 0.717) is 12.7 Å². The van der Waals surface area contributed by atoms with E-state index in [-0.39, 0.29) is 0 Å². The Morgan fingerprint density at radius 3 is 2.80 bits per heavy atom. The van der Waals surface area contributed by atoms with E-state index >= 15 is 0 Å². The van der Waals surface area contributed by atoms with Gasteiger partial charge < -0.3 is 14.8 Å². The van der Waals surface area contributed by atoms with Gasteiger partial charge in [-0.1, -0.05) is 0 Å². The van der Waals surface area contributed by atoms with Gasteiger partial charge in [0.2, 0.25) is 6.79 Å². The average Bonchev–Trinajstić information content (AvgIpc) is 2.65. The number of benzene rings is 1. The highest BCUT2D eigenvalue weighted by molar-refractivity contribution is 6.17. The van der Waals surface area contributed by atoms with Gasteiger partial charge in [-0.2, -0.15) is 0 Å². The van der Waals surface area contributed by atoms with E-state index in [2.05, 4.69) is 5.32 Å². The van der Waals surface area contributed by atoms with Crippen molar-refractivity contribution in [3.63, 3.8) is 0 Å². The smallest absolute Gasteiger partial charge is 0.231 e. The molecule has 0 bridgehead atoms. The number of hydrogen-bond acceptors (Lipinski definition) is 3. The molecule has 4 heteroatoms. The summed E-state index contributed by atoms with van der Waals surface area (Å²) in [6.45, 7) is 3.24. The van der Waals surface area contributed by atoms with Crippen molar-refractivity contribution in [1.82, 2.24) is 0 Å². The highest BCUT2D eigenvalue weighted by Crippen LogP contribution is 2.36. The monoisotopic (exact) mass is 227 g/mol. The van der Waals surface area contributed by atoms with Crippen molar-refractivity contribution in [1.29, 1.82) is 0 Å². The molecule has 0 fully saturated rings. The molecule has 1 N–H and O–H groups in total. The molecule has 15 heavy (non-hydrogen) atoms. The molecule has 3 nitrogen and oxygen atoms in total. The molecule has 0 spiro atoms. The summed E-state index contributed by atoms with van der Waals surface area (Å²) in [5, 5.41) is 3.32. The van der Waals surface area contributed by atoms with Crippen molar-refractivity contribution in [3.05, 3.63) is 17.7 Å². The molecule has 0 aliphatic carbocycles. The Labute approximate surface area is 94.3 Å². The second-order valence-electron chi connectivity index (χ2n) is 3.49. The third kappa shape index (κ3) is 2.29. The van der Waals surface area contributed by atoms with Crippen LogP contribution in [0.3, 0.4) is 0 Å². The zero-order valence-electron chi connectivity index (χ0n) is 8.68. The van der Waals surface area contributed by atoms with Gasteiger partial charge in [0.25, 0.3) is 0 Å². The molecule has 1 aromatic rings. The third-order valence-corrected chi connectivity index (χ3v) is 2.61. The Balaban J connectivity index is 2.10. The van der Waals surface area contributed by atoms with Crippen LogP contribution >= 0.6 is 11.6 Å². The van der Waals surface area contributed by atoms with Crippen LogP contribution in [0.4, 0.5) is 5.69 Å². The van der Waals surface area contributed by atoms with E-state index in [1.54, 1.807) is 0 Å². The van der Waals surface area contributed by atoms with Crippen LogP contribution in [-0.4, -0.2) is 19.2 Å². The lowest BCUT2D eigenvalue weighted by Gasteiger charge is -2.09. The van der Waals surface area contributed by atoms with Gasteiger partial charge >= 0.3 is 0 Å². The van der Waals surface area contributed by atoms with Crippen molar-refractivity contribution in [2.45, 2.75) is 13.3 Å². The minimum Gasteiger partial charge on any atom is -0.454 e. The van der Waals surface area contributed by atoms with E-state index in [4.69, 9.17) is 21.1 Å². The molecule has 2 rings (SSSR count). The SMILES string of the molecule is Cc1cc2c(cc1NCCCCl)OCO2. The fourth-order valence-corrected chi connectivity index (χ4v) is 1.66. The van der Waals surface area contributed by atoms with Crippen LogP contribution in [0.5, 0.6) is 11.5 Å². The van der Waals surface area contributed by atoms with Gasteiger partial charge in [0.15, 0.2) is 11.5 Å². The maximum Gasteiger partial charge on any atom is 0.231 e. The summed E-state index contributed by atoms with van der Waals surface area (Å²) in [5.74, 6) is 2.32. The highest BCUT2D eigenvalue weighted by Gasteiger charge is 2.15. The summed E-state index contributed by atoms with van der Waals surface area (Å²) in [7, 11) is 0.